The Bertz CT molecular complexity index is 732. The second-order valence-electron chi connectivity index (χ2n) is 4.65. The minimum absolute atomic E-state index is 0.171. The molecule has 0 aliphatic heterocycles. The Morgan fingerprint density at radius 3 is 2.70 bits per heavy atom. The lowest BCUT2D eigenvalue weighted by Gasteiger charge is -2.09. The van der Waals surface area contributed by atoms with Crippen molar-refractivity contribution in [1.29, 1.82) is 0 Å². The molecule has 0 unspecified atom stereocenters. The van der Waals surface area contributed by atoms with Gasteiger partial charge in [0.25, 0.3) is 5.91 Å². The van der Waals surface area contributed by atoms with Gasteiger partial charge in [-0.05, 0) is 37.3 Å². The molecule has 0 fully saturated rings. The largest absolute Gasteiger partial charge is 0.321 e. The molecule has 0 atom stereocenters. The topological polar surface area (TPSA) is 83.1 Å². The summed E-state index contributed by atoms with van der Waals surface area (Å²) in [6.07, 6.45) is 4.39. The first-order valence-corrected chi connectivity index (χ1v) is 6.76. The van der Waals surface area contributed by atoms with Gasteiger partial charge in [-0.2, -0.15) is 0 Å². The molecule has 0 bridgehead atoms. The van der Waals surface area contributed by atoms with Gasteiger partial charge in [0.1, 0.15) is 5.82 Å². The number of nitrogens with one attached hydrogen (secondary N) is 3. The minimum Gasteiger partial charge on any atom is -0.321 e. The quantitative estimate of drug-likeness (QED) is 0.582. The first kappa shape index (κ1) is 16.2. The third kappa shape index (κ3) is 5.24. The lowest BCUT2D eigenvalue weighted by molar-refractivity contribution is -0.112. The Hall–Kier alpha value is -3.22. The average Bonchev–Trinajstić information content (AvgIpc) is 2.53. The lowest BCUT2D eigenvalue weighted by atomic mass is 10.2. The zero-order valence-corrected chi connectivity index (χ0v) is 12.3. The van der Waals surface area contributed by atoms with Crippen molar-refractivity contribution in [2.45, 2.75) is 6.92 Å². The van der Waals surface area contributed by atoms with E-state index in [-0.39, 0.29) is 11.5 Å². The normalized spacial score (nSPS) is 10.8. The van der Waals surface area contributed by atoms with E-state index in [9.17, 15) is 14.0 Å². The molecule has 2 rings (SSSR count). The first-order chi connectivity index (χ1) is 11.0. The van der Waals surface area contributed by atoms with Crippen molar-refractivity contribution in [3.8, 4) is 0 Å². The number of nitrogens with zero attached hydrogens (tertiary/aromatic N) is 1. The van der Waals surface area contributed by atoms with Crippen LogP contribution in [-0.4, -0.2) is 16.8 Å². The summed E-state index contributed by atoms with van der Waals surface area (Å²) < 4.78 is 13.0. The molecular formula is C16H15FN4O2. The third-order valence-corrected chi connectivity index (χ3v) is 2.74. The van der Waals surface area contributed by atoms with Crippen LogP contribution in [0.1, 0.15) is 17.3 Å². The Morgan fingerprint density at radius 2 is 2.00 bits per heavy atom. The van der Waals surface area contributed by atoms with Gasteiger partial charge >= 0.3 is 0 Å². The Morgan fingerprint density at radius 1 is 1.17 bits per heavy atom. The molecule has 0 spiro atoms. The summed E-state index contributed by atoms with van der Waals surface area (Å²) in [7, 11) is 0. The Kier molecular flexibility index (Phi) is 5.40. The molecule has 1 aromatic carbocycles. The summed E-state index contributed by atoms with van der Waals surface area (Å²) in [4.78, 5) is 27.4. The third-order valence-electron chi connectivity index (χ3n) is 2.74. The molecule has 6 nitrogen and oxygen atoms in total. The molecule has 1 aromatic heterocycles. The zero-order valence-electron chi connectivity index (χ0n) is 12.3. The van der Waals surface area contributed by atoms with Gasteiger partial charge in [-0.15, -0.1) is 0 Å². The van der Waals surface area contributed by atoms with Crippen LogP contribution in [0.4, 0.5) is 10.1 Å². The first-order valence-electron chi connectivity index (χ1n) is 6.76. The molecule has 0 aliphatic rings. The van der Waals surface area contributed by atoms with Crippen molar-refractivity contribution >= 4 is 17.5 Å². The number of carbonyl (C=O) groups is 2. The van der Waals surface area contributed by atoms with E-state index in [1.807, 2.05) is 0 Å². The van der Waals surface area contributed by atoms with Crippen molar-refractivity contribution in [3.63, 3.8) is 0 Å². The number of aromatic nitrogens is 1. The number of benzene rings is 1. The number of carbonyl (C=O) groups excluding carboxylic acids is 2. The van der Waals surface area contributed by atoms with Crippen LogP contribution < -0.4 is 16.2 Å². The highest BCUT2D eigenvalue weighted by Gasteiger charge is 2.06. The Balaban J connectivity index is 1.87. The highest BCUT2D eigenvalue weighted by molar-refractivity contribution is 5.99. The number of halogens is 1. The smallest absolute Gasteiger partial charge is 0.269 e. The molecule has 2 aromatic rings. The number of anilines is 1. The van der Waals surface area contributed by atoms with Gasteiger partial charge in [-0.1, -0.05) is 6.07 Å². The molecule has 118 valence electrons. The van der Waals surface area contributed by atoms with Crippen LogP contribution in [0.5, 0.6) is 0 Å². The number of hydrogen-bond donors (Lipinski definition) is 3. The molecule has 0 radical (unpaired) electrons. The molecule has 1 heterocycles. The van der Waals surface area contributed by atoms with Crippen LogP contribution in [-0.2, 0) is 4.79 Å². The highest BCUT2D eigenvalue weighted by Crippen LogP contribution is 2.04. The number of allylic oxidation sites excluding steroid dienone is 1. The van der Waals surface area contributed by atoms with Crippen LogP contribution in [0.2, 0.25) is 0 Å². The van der Waals surface area contributed by atoms with E-state index in [1.165, 1.54) is 30.5 Å². The van der Waals surface area contributed by atoms with E-state index in [2.05, 4.69) is 21.2 Å². The van der Waals surface area contributed by atoms with E-state index < -0.39 is 11.7 Å². The van der Waals surface area contributed by atoms with Gasteiger partial charge in [0, 0.05) is 23.5 Å². The second-order valence-corrected chi connectivity index (χ2v) is 4.65. The minimum atomic E-state index is -0.509. The van der Waals surface area contributed by atoms with E-state index in [4.69, 9.17) is 0 Å². The zero-order chi connectivity index (χ0) is 16.7. The van der Waals surface area contributed by atoms with Crippen molar-refractivity contribution in [3.05, 3.63) is 71.9 Å². The SMILES string of the molecule is CC(=CC(=O)Nc1cccnc1)NNC(=O)c1cccc(F)c1. The molecule has 7 heteroatoms. The summed E-state index contributed by atoms with van der Waals surface area (Å²) in [6.45, 7) is 1.61. The predicted octanol–water partition coefficient (Wildman–Crippen LogP) is 2.00. The standard InChI is InChI=1S/C16H15FN4O2/c1-11(8-15(22)19-14-6-3-7-18-10-14)20-21-16(23)12-4-2-5-13(17)9-12/h2-10,20H,1H3,(H,19,22)(H,21,23). The maximum absolute atomic E-state index is 13.0. The Labute approximate surface area is 132 Å². The maximum Gasteiger partial charge on any atom is 0.269 e. The summed E-state index contributed by atoms with van der Waals surface area (Å²) in [5, 5.41) is 2.62. The average molecular weight is 314 g/mol. The second kappa shape index (κ2) is 7.69. The van der Waals surface area contributed by atoms with Crippen LogP contribution in [0.15, 0.2) is 60.6 Å². The number of pyridine rings is 1. The van der Waals surface area contributed by atoms with Crippen LogP contribution in [0.25, 0.3) is 0 Å². The molecular weight excluding hydrogens is 299 g/mol. The monoisotopic (exact) mass is 314 g/mol. The van der Waals surface area contributed by atoms with Crippen molar-refractivity contribution in [2.75, 3.05) is 5.32 Å². The van der Waals surface area contributed by atoms with Gasteiger partial charge in [0.2, 0.25) is 5.91 Å². The molecule has 2 amide bonds. The summed E-state index contributed by atoms with van der Waals surface area (Å²) >= 11 is 0. The van der Waals surface area contributed by atoms with E-state index in [0.717, 1.165) is 6.07 Å². The summed E-state index contributed by atoms with van der Waals surface area (Å²) in [6, 6.07) is 8.68. The van der Waals surface area contributed by atoms with E-state index in [0.29, 0.717) is 11.4 Å². The van der Waals surface area contributed by atoms with Crippen LogP contribution in [0, 0.1) is 5.82 Å². The highest BCUT2D eigenvalue weighted by atomic mass is 19.1. The predicted molar refractivity (Wildman–Crippen MR) is 83.6 cm³/mol. The van der Waals surface area contributed by atoms with Crippen LogP contribution in [0.3, 0.4) is 0 Å². The van der Waals surface area contributed by atoms with Gasteiger partial charge in [0.15, 0.2) is 0 Å². The van der Waals surface area contributed by atoms with Gasteiger partial charge in [-0.25, -0.2) is 4.39 Å². The molecule has 0 saturated heterocycles. The molecule has 0 aliphatic carbocycles. The lowest BCUT2D eigenvalue weighted by Crippen LogP contribution is -2.36. The van der Waals surface area contributed by atoms with Crippen molar-refractivity contribution in [2.24, 2.45) is 0 Å². The van der Waals surface area contributed by atoms with Gasteiger partial charge < -0.3 is 10.7 Å². The maximum atomic E-state index is 13.0. The summed E-state index contributed by atoms with van der Waals surface area (Å²) in [5.74, 6) is -1.38. The van der Waals surface area contributed by atoms with E-state index >= 15 is 0 Å². The van der Waals surface area contributed by atoms with Gasteiger partial charge in [0.05, 0.1) is 11.9 Å². The summed E-state index contributed by atoms with van der Waals surface area (Å²) in [5.41, 5.74) is 6.10. The fourth-order valence-corrected chi connectivity index (χ4v) is 1.71. The number of hydrogen-bond acceptors (Lipinski definition) is 4. The van der Waals surface area contributed by atoms with Crippen molar-refractivity contribution in [1.82, 2.24) is 15.8 Å². The number of amides is 2. The van der Waals surface area contributed by atoms with E-state index in [1.54, 1.807) is 25.3 Å². The van der Waals surface area contributed by atoms with Crippen LogP contribution >= 0.6 is 0 Å². The molecule has 0 saturated carbocycles. The molecule has 23 heavy (non-hydrogen) atoms. The fourth-order valence-electron chi connectivity index (χ4n) is 1.71. The number of hydrazine groups is 1. The van der Waals surface area contributed by atoms with Gasteiger partial charge in [-0.3, -0.25) is 20.0 Å². The fraction of sp³-hybridized carbons (Fsp3) is 0.0625. The number of rotatable bonds is 5. The van der Waals surface area contributed by atoms with Crippen molar-refractivity contribution < 1.29 is 14.0 Å². The molecule has 3 N–H and O–H groups in total.